The van der Waals surface area contributed by atoms with Crippen molar-refractivity contribution in [2.45, 2.75) is 13.8 Å². The first kappa shape index (κ1) is 32.2. The molecule has 0 saturated carbocycles. The van der Waals surface area contributed by atoms with Crippen molar-refractivity contribution in [3.05, 3.63) is 205 Å². The predicted molar refractivity (Wildman–Crippen MR) is 225 cm³/mol. The van der Waals surface area contributed by atoms with E-state index in [0.29, 0.717) is 0 Å². The van der Waals surface area contributed by atoms with E-state index in [2.05, 4.69) is 195 Å². The third-order valence-electron chi connectivity index (χ3n) is 10.4. The Morgan fingerprint density at radius 3 is 1.62 bits per heavy atom. The molecule has 0 atom stereocenters. The maximum Gasteiger partial charge on any atom is 0.137 e. The predicted octanol–water partition coefficient (Wildman–Crippen LogP) is 14.1. The van der Waals surface area contributed by atoms with Crippen LogP contribution in [-0.2, 0) is 0 Å². The fraction of sp³-hybridized carbons (Fsp3) is 0.0392. The van der Waals surface area contributed by atoms with E-state index in [1.54, 1.807) is 0 Å². The van der Waals surface area contributed by atoms with Gasteiger partial charge in [0.25, 0.3) is 0 Å². The van der Waals surface area contributed by atoms with E-state index in [1.807, 2.05) is 18.3 Å². The van der Waals surface area contributed by atoms with E-state index in [1.165, 1.54) is 71.6 Å². The average molecular weight is 679 g/mol. The van der Waals surface area contributed by atoms with E-state index in [-0.39, 0.29) is 0 Å². The molecule has 0 bridgehead atoms. The smallest absolute Gasteiger partial charge is 0.137 e. The molecule has 2 heteroatoms. The van der Waals surface area contributed by atoms with Gasteiger partial charge in [0, 0.05) is 11.9 Å². The molecule has 1 aromatic heterocycles. The highest BCUT2D eigenvalue weighted by atomic mass is 15.2. The van der Waals surface area contributed by atoms with Gasteiger partial charge in [-0.2, -0.15) is 0 Å². The maximum absolute atomic E-state index is 4.79. The fourth-order valence-corrected chi connectivity index (χ4v) is 8.06. The van der Waals surface area contributed by atoms with E-state index in [4.69, 9.17) is 4.98 Å². The topological polar surface area (TPSA) is 16.1 Å². The van der Waals surface area contributed by atoms with Crippen LogP contribution in [0, 0.1) is 13.8 Å². The third kappa shape index (κ3) is 5.75. The SMILES string of the molecule is Cc1ccccc1N(c1cccc(-c2ccc(-c3c(C)c(-c4ccccc4)c4ccccc4c3-c3ccccc3)c3ccccc23)c1)c1ccccn1. The van der Waals surface area contributed by atoms with E-state index in [0.717, 1.165) is 22.8 Å². The summed E-state index contributed by atoms with van der Waals surface area (Å²) in [5, 5.41) is 4.97. The van der Waals surface area contributed by atoms with E-state index >= 15 is 0 Å². The molecular weight excluding hydrogens is 641 g/mol. The van der Waals surface area contributed by atoms with Crippen molar-refractivity contribution >= 4 is 38.7 Å². The van der Waals surface area contributed by atoms with Crippen molar-refractivity contribution in [2.24, 2.45) is 0 Å². The van der Waals surface area contributed by atoms with Gasteiger partial charge in [0.05, 0.1) is 5.69 Å². The average Bonchev–Trinajstić information content (AvgIpc) is 3.22. The first-order valence-electron chi connectivity index (χ1n) is 18.2. The lowest BCUT2D eigenvalue weighted by molar-refractivity contribution is 1.17. The third-order valence-corrected chi connectivity index (χ3v) is 10.4. The molecule has 0 unspecified atom stereocenters. The number of pyridine rings is 1. The second-order valence-electron chi connectivity index (χ2n) is 13.6. The lowest BCUT2D eigenvalue weighted by atomic mass is 9.80. The van der Waals surface area contributed by atoms with Crippen molar-refractivity contribution < 1.29 is 0 Å². The van der Waals surface area contributed by atoms with Gasteiger partial charge >= 0.3 is 0 Å². The number of para-hydroxylation sites is 1. The van der Waals surface area contributed by atoms with Gasteiger partial charge in [0.15, 0.2) is 0 Å². The molecule has 0 N–H and O–H groups in total. The molecule has 2 nitrogen and oxygen atoms in total. The van der Waals surface area contributed by atoms with Crippen LogP contribution in [0.3, 0.4) is 0 Å². The van der Waals surface area contributed by atoms with Gasteiger partial charge in [-0.25, -0.2) is 4.98 Å². The van der Waals surface area contributed by atoms with E-state index in [9.17, 15) is 0 Å². The number of hydrogen-bond donors (Lipinski definition) is 0. The van der Waals surface area contributed by atoms with Gasteiger partial charge in [-0.15, -0.1) is 0 Å². The van der Waals surface area contributed by atoms with Crippen LogP contribution in [0.5, 0.6) is 0 Å². The highest BCUT2D eigenvalue weighted by Gasteiger charge is 2.23. The fourth-order valence-electron chi connectivity index (χ4n) is 8.06. The second-order valence-corrected chi connectivity index (χ2v) is 13.6. The van der Waals surface area contributed by atoms with Gasteiger partial charge in [0.2, 0.25) is 0 Å². The zero-order valence-corrected chi connectivity index (χ0v) is 29.9. The number of rotatable bonds is 7. The molecule has 9 aromatic rings. The number of benzene rings is 8. The molecule has 0 aliphatic carbocycles. The Balaban J connectivity index is 1.29. The molecular formula is C51H38N2. The van der Waals surface area contributed by atoms with E-state index < -0.39 is 0 Å². The summed E-state index contributed by atoms with van der Waals surface area (Å²) >= 11 is 0. The van der Waals surface area contributed by atoms with Gasteiger partial charge in [-0.3, -0.25) is 4.90 Å². The summed E-state index contributed by atoms with van der Waals surface area (Å²) in [5.74, 6) is 0.883. The van der Waals surface area contributed by atoms with Gasteiger partial charge in [0.1, 0.15) is 5.82 Å². The zero-order valence-electron chi connectivity index (χ0n) is 29.9. The van der Waals surface area contributed by atoms with Crippen LogP contribution in [-0.4, -0.2) is 4.98 Å². The highest BCUT2D eigenvalue weighted by molar-refractivity contribution is 6.16. The summed E-state index contributed by atoms with van der Waals surface area (Å²) < 4.78 is 0. The molecule has 252 valence electrons. The van der Waals surface area contributed by atoms with Crippen LogP contribution >= 0.6 is 0 Å². The van der Waals surface area contributed by atoms with Crippen LogP contribution in [0.25, 0.3) is 66.1 Å². The molecule has 0 aliphatic rings. The van der Waals surface area contributed by atoms with Crippen molar-refractivity contribution in [1.82, 2.24) is 4.98 Å². The summed E-state index contributed by atoms with van der Waals surface area (Å²) in [6.07, 6.45) is 1.86. The molecule has 1 heterocycles. The molecule has 8 aromatic carbocycles. The molecule has 53 heavy (non-hydrogen) atoms. The Morgan fingerprint density at radius 1 is 0.396 bits per heavy atom. The summed E-state index contributed by atoms with van der Waals surface area (Å²) in [4.78, 5) is 7.04. The monoisotopic (exact) mass is 678 g/mol. The minimum Gasteiger partial charge on any atom is -0.295 e. The number of anilines is 3. The number of aryl methyl sites for hydroxylation is 1. The first-order valence-corrected chi connectivity index (χ1v) is 18.2. The Hall–Kier alpha value is -6.77. The van der Waals surface area contributed by atoms with Gasteiger partial charge in [-0.05, 0) is 121 Å². The van der Waals surface area contributed by atoms with Gasteiger partial charge < -0.3 is 0 Å². The zero-order chi connectivity index (χ0) is 35.7. The quantitative estimate of drug-likeness (QED) is 0.167. The lowest BCUT2D eigenvalue weighted by Crippen LogP contribution is -2.12. The van der Waals surface area contributed by atoms with Crippen molar-refractivity contribution in [2.75, 3.05) is 4.90 Å². The maximum atomic E-state index is 4.79. The van der Waals surface area contributed by atoms with Crippen LogP contribution < -0.4 is 4.90 Å². The summed E-state index contributed by atoms with van der Waals surface area (Å²) in [5.41, 5.74) is 14.5. The standard InChI is InChI=1S/C51H38N2/c1-35-18-9-14-29-47(35)53(48-30-15-16-33-52-48)40-24-17-23-39(34-40)41-31-32-46(43-26-11-10-25-42(41)43)50-36(2)49(37-19-5-3-6-20-37)44-27-12-13-28-45(44)51(50)38-21-7-4-8-22-38/h3-34H,1-2H3. The molecule has 0 amide bonds. The van der Waals surface area contributed by atoms with Crippen molar-refractivity contribution in [3.63, 3.8) is 0 Å². The minimum absolute atomic E-state index is 0.883. The molecule has 0 fully saturated rings. The normalized spacial score (nSPS) is 11.2. The Morgan fingerprint density at radius 2 is 0.943 bits per heavy atom. The highest BCUT2D eigenvalue weighted by Crippen LogP contribution is 2.49. The second kappa shape index (κ2) is 13.7. The molecule has 0 radical (unpaired) electrons. The van der Waals surface area contributed by atoms with Crippen LogP contribution in [0.2, 0.25) is 0 Å². The number of fused-ring (bicyclic) bond motifs is 2. The largest absolute Gasteiger partial charge is 0.295 e. The number of hydrogen-bond acceptors (Lipinski definition) is 2. The van der Waals surface area contributed by atoms with Crippen LogP contribution in [0.4, 0.5) is 17.2 Å². The Kier molecular flexibility index (Phi) is 8.34. The first-order chi connectivity index (χ1) is 26.2. The summed E-state index contributed by atoms with van der Waals surface area (Å²) in [7, 11) is 0. The van der Waals surface area contributed by atoms with Crippen molar-refractivity contribution in [3.8, 4) is 44.5 Å². The molecule has 0 saturated heterocycles. The summed E-state index contributed by atoms with van der Waals surface area (Å²) in [6, 6.07) is 67.6. The number of nitrogens with zero attached hydrogens (tertiary/aromatic N) is 2. The van der Waals surface area contributed by atoms with Crippen molar-refractivity contribution in [1.29, 1.82) is 0 Å². The lowest BCUT2D eigenvalue weighted by Gasteiger charge is -2.26. The van der Waals surface area contributed by atoms with Crippen LogP contribution in [0.1, 0.15) is 11.1 Å². The summed E-state index contributed by atoms with van der Waals surface area (Å²) in [6.45, 7) is 4.46. The minimum atomic E-state index is 0.883. The van der Waals surface area contributed by atoms with Gasteiger partial charge in [-0.1, -0.05) is 158 Å². The molecule has 0 spiro atoms. The Bertz CT molecular complexity index is 2730. The van der Waals surface area contributed by atoms with Crippen LogP contribution in [0.15, 0.2) is 194 Å². The molecule has 9 rings (SSSR count). The Labute approximate surface area is 311 Å². The molecule has 0 aliphatic heterocycles. The number of aromatic nitrogens is 1.